The van der Waals surface area contributed by atoms with Crippen molar-refractivity contribution in [2.45, 2.75) is 6.54 Å². The number of piperazine rings is 1. The number of nitrogens with one attached hydrogen (secondary N) is 1. The molecule has 4 heterocycles. The average molecular weight is 514 g/mol. The van der Waals surface area contributed by atoms with Crippen molar-refractivity contribution in [3.05, 3.63) is 82.0 Å². The Bertz CT molecular complexity index is 1680. The van der Waals surface area contributed by atoms with Gasteiger partial charge in [0.2, 0.25) is 5.43 Å². The number of thiazole rings is 1. The molecule has 1 aliphatic heterocycles. The number of amides is 1. The van der Waals surface area contributed by atoms with Gasteiger partial charge in [0.15, 0.2) is 5.65 Å². The second-order valence-corrected chi connectivity index (χ2v) is 10.3. The Morgan fingerprint density at radius 3 is 2.54 bits per heavy atom. The number of carbonyl (C=O) groups excluding carboxylic acids is 1. The van der Waals surface area contributed by atoms with Gasteiger partial charge in [-0.3, -0.25) is 14.0 Å². The maximum absolute atomic E-state index is 13.7. The van der Waals surface area contributed by atoms with Crippen LogP contribution < -0.4 is 20.4 Å². The first-order valence-electron chi connectivity index (χ1n) is 12.2. The molecule has 37 heavy (non-hydrogen) atoms. The van der Waals surface area contributed by atoms with E-state index in [0.717, 1.165) is 53.5 Å². The third-order valence-electron chi connectivity index (χ3n) is 6.94. The Balaban J connectivity index is 1.46. The SMILES string of the molecule is COc1ccc(CNC(=O)c2c(=O)c3ccc(N4CCN(C)CC4)nc3n3c2sc2ccccc23)cc1. The summed E-state index contributed by atoms with van der Waals surface area (Å²) in [6, 6.07) is 19.1. The molecule has 0 saturated carbocycles. The van der Waals surface area contributed by atoms with Crippen LogP contribution in [0.2, 0.25) is 0 Å². The lowest BCUT2D eigenvalue weighted by atomic mass is 10.1. The Hall–Kier alpha value is -3.95. The molecule has 1 N–H and O–H groups in total. The molecule has 3 aromatic heterocycles. The molecule has 0 aliphatic carbocycles. The van der Waals surface area contributed by atoms with Crippen LogP contribution in [0.1, 0.15) is 15.9 Å². The van der Waals surface area contributed by atoms with Gasteiger partial charge in [-0.2, -0.15) is 0 Å². The fourth-order valence-corrected chi connectivity index (χ4v) is 5.99. The van der Waals surface area contributed by atoms with E-state index in [2.05, 4.69) is 22.2 Å². The topological polar surface area (TPSA) is 79.2 Å². The van der Waals surface area contributed by atoms with E-state index in [4.69, 9.17) is 9.72 Å². The molecule has 6 rings (SSSR count). The molecule has 9 heteroatoms. The van der Waals surface area contributed by atoms with E-state index < -0.39 is 5.91 Å². The highest BCUT2D eigenvalue weighted by atomic mass is 32.1. The van der Waals surface area contributed by atoms with Gasteiger partial charge in [0, 0.05) is 32.7 Å². The van der Waals surface area contributed by atoms with Gasteiger partial charge in [0.25, 0.3) is 5.91 Å². The van der Waals surface area contributed by atoms with Crippen LogP contribution >= 0.6 is 11.3 Å². The van der Waals surface area contributed by atoms with Gasteiger partial charge in [-0.15, -0.1) is 11.3 Å². The summed E-state index contributed by atoms with van der Waals surface area (Å²) >= 11 is 1.44. The molecule has 0 bridgehead atoms. The van der Waals surface area contributed by atoms with Crippen molar-refractivity contribution in [2.75, 3.05) is 45.2 Å². The van der Waals surface area contributed by atoms with Crippen molar-refractivity contribution in [1.82, 2.24) is 19.6 Å². The van der Waals surface area contributed by atoms with Gasteiger partial charge in [0.05, 0.1) is 22.7 Å². The Morgan fingerprint density at radius 1 is 1.03 bits per heavy atom. The van der Waals surface area contributed by atoms with Crippen LogP contribution in [0.25, 0.3) is 26.1 Å². The molecule has 0 atom stereocenters. The van der Waals surface area contributed by atoms with E-state index in [0.29, 0.717) is 22.4 Å². The molecule has 0 unspecified atom stereocenters. The smallest absolute Gasteiger partial charge is 0.258 e. The highest BCUT2D eigenvalue weighted by Gasteiger charge is 2.24. The summed E-state index contributed by atoms with van der Waals surface area (Å²) < 4.78 is 8.17. The number of likely N-dealkylation sites (N-methyl/N-ethyl adjacent to an activating group) is 1. The van der Waals surface area contributed by atoms with Gasteiger partial charge in [-0.05, 0) is 49.0 Å². The van der Waals surface area contributed by atoms with Gasteiger partial charge in [-0.1, -0.05) is 24.3 Å². The van der Waals surface area contributed by atoms with Crippen molar-refractivity contribution >= 4 is 49.1 Å². The van der Waals surface area contributed by atoms with E-state index in [9.17, 15) is 9.59 Å². The maximum Gasteiger partial charge on any atom is 0.258 e. The molecule has 1 aliphatic rings. The molecule has 0 radical (unpaired) electrons. The summed E-state index contributed by atoms with van der Waals surface area (Å²) in [4.78, 5) is 37.3. The summed E-state index contributed by atoms with van der Waals surface area (Å²) in [5, 5.41) is 3.38. The van der Waals surface area contributed by atoms with Crippen LogP contribution in [-0.2, 0) is 6.54 Å². The summed E-state index contributed by atoms with van der Waals surface area (Å²) in [7, 11) is 3.73. The largest absolute Gasteiger partial charge is 0.497 e. The summed E-state index contributed by atoms with van der Waals surface area (Å²) in [6.07, 6.45) is 0. The standard InChI is InChI=1S/C28H27N5O3S/c1-31-13-15-32(16-14-31)23-12-11-20-25(34)24(27(35)29-17-18-7-9-19(36-2)10-8-18)28-33(26(20)30-23)21-5-3-4-6-22(21)37-28/h3-12H,13-17H2,1-2H3,(H,29,35). The number of hydrogen-bond acceptors (Lipinski definition) is 7. The van der Waals surface area contributed by atoms with E-state index in [-0.39, 0.29) is 11.0 Å². The second kappa shape index (κ2) is 9.49. The Kier molecular flexibility index (Phi) is 6.02. The van der Waals surface area contributed by atoms with Crippen molar-refractivity contribution in [3.8, 4) is 5.75 Å². The third kappa shape index (κ3) is 4.20. The van der Waals surface area contributed by atoms with Gasteiger partial charge in [-0.25, -0.2) is 4.98 Å². The Morgan fingerprint density at radius 2 is 1.78 bits per heavy atom. The molecule has 2 aromatic carbocycles. The quantitative estimate of drug-likeness (QED) is 0.386. The van der Waals surface area contributed by atoms with Gasteiger partial charge >= 0.3 is 0 Å². The van der Waals surface area contributed by atoms with E-state index in [1.54, 1.807) is 7.11 Å². The average Bonchev–Trinajstić information content (AvgIpc) is 3.31. The first kappa shape index (κ1) is 23.4. The third-order valence-corrected chi connectivity index (χ3v) is 8.09. The molecule has 188 valence electrons. The van der Waals surface area contributed by atoms with Gasteiger partial charge < -0.3 is 19.9 Å². The lowest BCUT2D eigenvalue weighted by Crippen LogP contribution is -2.44. The zero-order chi connectivity index (χ0) is 25.5. The van der Waals surface area contributed by atoms with E-state index in [1.165, 1.54) is 11.3 Å². The molecule has 5 aromatic rings. The molecule has 1 saturated heterocycles. The molecule has 8 nitrogen and oxygen atoms in total. The van der Waals surface area contributed by atoms with Crippen molar-refractivity contribution in [2.24, 2.45) is 0 Å². The van der Waals surface area contributed by atoms with Crippen LogP contribution in [0.5, 0.6) is 5.75 Å². The van der Waals surface area contributed by atoms with E-state index in [1.807, 2.05) is 65.1 Å². The summed E-state index contributed by atoms with van der Waals surface area (Å²) in [5.74, 6) is 1.20. The number of fused-ring (bicyclic) bond motifs is 5. The number of pyridine rings is 2. The normalized spacial score (nSPS) is 14.5. The van der Waals surface area contributed by atoms with Gasteiger partial charge in [0.1, 0.15) is 22.0 Å². The molecular formula is C28H27N5O3S. The van der Waals surface area contributed by atoms with Crippen LogP contribution in [0.4, 0.5) is 5.82 Å². The van der Waals surface area contributed by atoms with Crippen LogP contribution in [-0.4, -0.2) is 60.5 Å². The molecule has 0 spiro atoms. The number of anilines is 1. The lowest BCUT2D eigenvalue weighted by molar-refractivity contribution is 0.0951. The number of hydrogen-bond donors (Lipinski definition) is 1. The Labute approximate surface area is 217 Å². The minimum atomic E-state index is -0.394. The fraction of sp³-hybridized carbons (Fsp3) is 0.250. The highest BCUT2D eigenvalue weighted by Crippen LogP contribution is 2.31. The highest BCUT2D eigenvalue weighted by molar-refractivity contribution is 7.24. The maximum atomic E-state index is 13.7. The predicted molar refractivity (Wildman–Crippen MR) is 148 cm³/mol. The summed E-state index contributed by atoms with van der Waals surface area (Å²) in [6.45, 7) is 3.98. The number of rotatable bonds is 5. The van der Waals surface area contributed by atoms with Crippen LogP contribution in [0.3, 0.4) is 0 Å². The van der Waals surface area contributed by atoms with Crippen molar-refractivity contribution in [3.63, 3.8) is 0 Å². The summed E-state index contributed by atoms with van der Waals surface area (Å²) in [5.41, 5.74) is 2.28. The monoisotopic (exact) mass is 513 g/mol. The zero-order valence-corrected chi connectivity index (χ0v) is 21.5. The zero-order valence-electron chi connectivity index (χ0n) is 20.7. The molecular weight excluding hydrogens is 486 g/mol. The molecule has 1 amide bonds. The number of carbonyl (C=O) groups is 1. The predicted octanol–water partition coefficient (Wildman–Crippen LogP) is 3.75. The number of benzene rings is 2. The number of methoxy groups -OCH3 is 1. The first-order valence-corrected chi connectivity index (χ1v) is 13.1. The first-order chi connectivity index (χ1) is 18.0. The van der Waals surface area contributed by atoms with Crippen molar-refractivity contribution in [1.29, 1.82) is 0 Å². The van der Waals surface area contributed by atoms with Crippen LogP contribution in [0, 0.1) is 0 Å². The number of nitrogens with zero attached hydrogens (tertiary/aromatic N) is 4. The van der Waals surface area contributed by atoms with E-state index >= 15 is 0 Å². The lowest BCUT2D eigenvalue weighted by Gasteiger charge is -2.33. The van der Waals surface area contributed by atoms with Crippen LogP contribution in [0.15, 0.2) is 65.5 Å². The minimum absolute atomic E-state index is 0.149. The fourth-order valence-electron chi connectivity index (χ4n) is 4.80. The van der Waals surface area contributed by atoms with Crippen molar-refractivity contribution < 1.29 is 9.53 Å². The number of aromatic nitrogens is 2. The number of ether oxygens (including phenoxy) is 1. The second-order valence-electron chi connectivity index (χ2n) is 9.28. The minimum Gasteiger partial charge on any atom is -0.497 e. The molecule has 1 fully saturated rings. The number of para-hydroxylation sites is 1.